The first-order valence-corrected chi connectivity index (χ1v) is 9.46. The molecule has 0 aliphatic rings. The number of rotatable bonds is 9. The second-order valence-electron chi connectivity index (χ2n) is 7.14. The van der Waals surface area contributed by atoms with Crippen LogP contribution in [0.3, 0.4) is 0 Å². The van der Waals surface area contributed by atoms with Gasteiger partial charge in [-0.25, -0.2) is 0 Å². The van der Waals surface area contributed by atoms with E-state index in [0.29, 0.717) is 23.4 Å². The van der Waals surface area contributed by atoms with Gasteiger partial charge in [0.15, 0.2) is 0 Å². The summed E-state index contributed by atoms with van der Waals surface area (Å²) in [5.74, 6) is 0.310. The molecule has 0 unspecified atom stereocenters. The van der Waals surface area contributed by atoms with E-state index in [1.54, 1.807) is 36.4 Å². The lowest BCUT2D eigenvalue weighted by molar-refractivity contribution is 0.0952. The van der Waals surface area contributed by atoms with Crippen molar-refractivity contribution in [1.29, 1.82) is 0 Å². The van der Waals surface area contributed by atoms with Gasteiger partial charge in [0.25, 0.3) is 11.8 Å². The van der Waals surface area contributed by atoms with Crippen molar-refractivity contribution in [3.05, 3.63) is 59.7 Å². The van der Waals surface area contributed by atoms with E-state index in [2.05, 4.69) is 15.5 Å². The zero-order valence-corrected chi connectivity index (χ0v) is 17.0. The molecule has 0 heterocycles. The Balaban J connectivity index is 1.95. The lowest BCUT2D eigenvalue weighted by atomic mass is 10.1. The third-order valence-electron chi connectivity index (χ3n) is 3.94. The van der Waals surface area contributed by atoms with Crippen LogP contribution in [-0.2, 0) is 0 Å². The van der Waals surface area contributed by atoms with Crippen molar-refractivity contribution in [3.8, 4) is 5.75 Å². The monoisotopic (exact) mass is 383 g/mol. The molecule has 2 aromatic rings. The van der Waals surface area contributed by atoms with E-state index in [4.69, 9.17) is 4.74 Å². The molecular formula is C22H29N3O3. The van der Waals surface area contributed by atoms with Crippen molar-refractivity contribution in [2.75, 3.05) is 32.5 Å². The molecule has 2 N–H and O–H groups in total. The standard InChI is InChI=1S/C22H29N3O3/c1-16(2)28-20-11-9-19(10-12-20)24-22(27)18-8-5-7-17(15-18)21(26)23-13-6-14-25(3)4/h5,7-12,15-16H,6,13-14H2,1-4H3,(H,23,26)(H,24,27). The van der Waals surface area contributed by atoms with Crippen molar-refractivity contribution in [3.63, 3.8) is 0 Å². The number of hydrogen-bond acceptors (Lipinski definition) is 4. The largest absolute Gasteiger partial charge is 0.491 e. The number of ether oxygens (including phenoxy) is 1. The molecule has 0 spiro atoms. The Morgan fingerprint density at radius 1 is 1.00 bits per heavy atom. The normalized spacial score (nSPS) is 10.8. The molecule has 150 valence electrons. The maximum Gasteiger partial charge on any atom is 0.255 e. The summed E-state index contributed by atoms with van der Waals surface area (Å²) >= 11 is 0. The van der Waals surface area contributed by atoms with Crippen LogP contribution in [0.5, 0.6) is 5.75 Å². The van der Waals surface area contributed by atoms with Gasteiger partial charge in [0, 0.05) is 23.4 Å². The van der Waals surface area contributed by atoms with Gasteiger partial charge in [-0.3, -0.25) is 9.59 Å². The third kappa shape index (κ3) is 7.04. The van der Waals surface area contributed by atoms with E-state index in [0.717, 1.165) is 18.7 Å². The highest BCUT2D eigenvalue weighted by molar-refractivity contribution is 6.06. The van der Waals surface area contributed by atoms with E-state index < -0.39 is 0 Å². The van der Waals surface area contributed by atoms with Crippen LogP contribution in [0.15, 0.2) is 48.5 Å². The van der Waals surface area contributed by atoms with Crippen LogP contribution in [0.4, 0.5) is 5.69 Å². The van der Waals surface area contributed by atoms with Gasteiger partial charge < -0.3 is 20.3 Å². The Labute approximate surface area is 166 Å². The van der Waals surface area contributed by atoms with Crippen LogP contribution in [-0.4, -0.2) is 50.0 Å². The Hall–Kier alpha value is -2.86. The van der Waals surface area contributed by atoms with Gasteiger partial charge in [-0.05, 0) is 83.4 Å². The van der Waals surface area contributed by atoms with E-state index in [-0.39, 0.29) is 17.9 Å². The Kier molecular flexibility index (Phi) is 8.02. The molecule has 0 aromatic heterocycles. The van der Waals surface area contributed by atoms with Crippen LogP contribution >= 0.6 is 0 Å². The first-order chi connectivity index (χ1) is 13.3. The SMILES string of the molecule is CC(C)Oc1ccc(NC(=O)c2cccc(C(=O)NCCCN(C)C)c2)cc1. The second kappa shape index (κ2) is 10.5. The molecule has 0 aliphatic heterocycles. The Morgan fingerprint density at radius 3 is 2.25 bits per heavy atom. The summed E-state index contributed by atoms with van der Waals surface area (Å²) in [6, 6.07) is 13.9. The summed E-state index contributed by atoms with van der Waals surface area (Å²) in [6.45, 7) is 5.42. The van der Waals surface area contributed by atoms with E-state index in [1.807, 2.05) is 40.1 Å². The average Bonchev–Trinajstić information content (AvgIpc) is 2.66. The van der Waals surface area contributed by atoms with Crippen molar-refractivity contribution in [2.45, 2.75) is 26.4 Å². The fourth-order valence-corrected chi connectivity index (χ4v) is 2.59. The van der Waals surface area contributed by atoms with Crippen LogP contribution in [0.2, 0.25) is 0 Å². The summed E-state index contributed by atoms with van der Waals surface area (Å²) in [7, 11) is 3.99. The smallest absolute Gasteiger partial charge is 0.255 e. The molecular weight excluding hydrogens is 354 g/mol. The lowest BCUT2D eigenvalue weighted by Crippen LogP contribution is -2.27. The van der Waals surface area contributed by atoms with Gasteiger partial charge >= 0.3 is 0 Å². The highest BCUT2D eigenvalue weighted by atomic mass is 16.5. The number of carbonyl (C=O) groups excluding carboxylic acids is 2. The number of benzene rings is 2. The van der Waals surface area contributed by atoms with E-state index in [9.17, 15) is 9.59 Å². The van der Waals surface area contributed by atoms with E-state index >= 15 is 0 Å². The maximum atomic E-state index is 12.5. The molecule has 2 aromatic carbocycles. The minimum atomic E-state index is -0.264. The summed E-state index contributed by atoms with van der Waals surface area (Å²) in [5.41, 5.74) is 1.57. The number of nitrogens with zero attached hydrogens (tertiary/aromatic N) is 1. The molecule has 2 rings (SSSR count). The average molecular weight is 383 g/mol. The van der Waals surface area contributed by atoms with Gasteiger partial charge in [0.05, 0.1) is 6.10 Å². The highest BCUT2D eigenvalue weighted by Gasteiger charge is 2.11. The molecule has 0 saturated carbocycles. The van der Waals surface area contributed by atoms with E-state index in [1.165, 1.54) is 0 Å². The molecule has 0 aliphatic carbocycles. The predicted octanol–water partition coefficient (Wildman–Crippen LogP) is 3.41. The van der Waals surface area contributed by atoms with Crippen molar-refractivity contribution in [2.24, 2.45) is 0 Å². The maximum absolute atomic E-state index is 12.5. The van der Waals surface area contributed by atoms with Crippen molar-refractivity contribution >= 4 is 17.5 Å². The van der Waals surface area contributed by atoms with Crippen molar-refractivity contribution in [1.82, 2.24) is 10.2 Å². The number of carbonyl (C=O) groups is 2. The Bertz CT molecular complexity index is 786. The first kappa shape index (κ1) is 21.4. The molecule has 0 radical (unpaired) electrons. The number of amides is 2. The zero-order chi connectivity index (χ0) is 20.5. The Morgan fingerprint density at radius 2 is 1.64 bits per heavy atom. The van der Waals surface area contributed by atoms with Crippen LogP contribution in [0, 0.1) is 0 Å². The molecule has 6 heteroatoms. The van der Waals surface area contributed by atoms with Gasteiger partial charge in [-0.15, -0.1) is 0 Å². The third-order valence-corrected chi connectivity index (χ3v) is 3.94. The molecule has 0 bridgehead atoms. The van der Waals surface area contributed by atoms with Gasteiger partial charge in [-0.1, -0.05) is 6.07 Å². The molecule has 28 heavy (non-hydrogen) atoms. The number of nitrogens with one attached hydrogen (secondary N) is 2. The van der Waals surface area contributed by atoms with Gasteiger partial charge in [-0.2, -0.15) is 0 Å². The highest BCUT2D eigenvalue weighted by Crippen LogP contribution is 2.18. The van der Waals surface area contributed by atoms with Crippen LogP contribution < -0.4 is 15.4 Å². The minimum Gasteiger partial charge on any atom is -0.491 e. The summed E-state index contributed by atoms with van der Waals surface area (Å²) in [4.78, 5) is 26.9. The van der Waals surface area contributed by atoms with Crippen molar-refractivity contribution < 1.29 is 14.3 Å². The fourth-order valence-electron chi connectivity index (χ4n) is 2.59. The fraction of sp³-hybridized carbons (Fsp3) is 0.364. The topological polar surface area (TPSA) is 70.7 Å². The predicted molar refractivity (Wildman–Crippen MR) is 112 cm³/mol. The minimum absolute atomic E-state index is 0.0946. The summed E-state index contributed by atoms with van der Waals surface area (Å²) in [5, 5.41) is 5.72. The quantitative estimate of drug-likeness (QED) is 0.651. The molecule has 0 atom stereocenters. The number of anilines is 1. The first-order valence-electron chi connectivity index (χ1n) is 9.46. The summed E-state index contributed by atoms with van der Waals surface area (Å²) in [6.07, 6.45) is 0.965. The molecule has 2 amide bonds. The van der Waals surface area contributed by atoms with Gasteiger partial charge in [0.1, 0.15) is 5.75 Å². The number of hydrogen-bond donors (Lipinski definition) is 2. The second-order valence-corrected chi connectivity index (χ2v) is 7.14. The van der Waals surface area contributed by atoms with Crippen LogP contribution in [0.1, 0.15) is 41.0 Å². The molecule has 0 fully saturated rings. The molecule has 0 saturated heterocycles. The van der Waals surface area contributed by atoms with Crippen LogP contribution in [0.25, 0.3) is 0 Å². The lowest BCUT2D eigenvalue weighted by Gasteiger charge is -2.11. The molecule has 6 nitrogen and oxygen atoms in total. The summed E-state index contributed by atoms with van der Waals surface area (Å²) < 4.78 is 5.59. The van der Waals surface area contributed by atoms with Gasteiger partial charge in [0.2, 0.25) is 0 Å². The zero-order valence-electron chi connectivity index (χ0n) is 17.0.